The van der Waals surface area contributed by atoms with Crippen LogP contribution in [-0.2, 0) is 0 Å². The van der Waals surface area contributed by atoms with Gasteiger partial charge in [-0.2, -0.15) is 4.68 Å². The van der Waals surface area contributed by atoms with Crippen molar-refractivity contribution in [1.29, 1.82) is 0 Å². The van der Waals surface area contributed by atoms with E-state index in [1.54, 1.807) is 11.0 Å². The van der Waals surface area contributed by atoms with Crippen LogP contribution in [0.4, 0.5) is 5.69 Å². The second kappa shape index (κ2) is 6.50. The number of anilines is 1. The molecule has 1 aliphatic carbocycles. The molecule has 106 valence electrons. The quantitative estimate of drug-likeness (QED) is 0.908. The van der Waals surface area contributed by atoms with Gasteiger partial charge >= 0.3 is 0 Å². The standard InChI is InChI=1S/C15H21N5/c1-2-6-13(7-3-1)10-11-16-14-8-4-5-9-15(14)20-12-17-18-19-20/h4-5,8-9,12-13,16H,1-3,6-7,10-11H2. The lowest BCUT2D eigenvalue weighted by atomic mass is 9.87. The Labute approximate surface area is 119 Å². The number of para-hydroxylation sites is 2. The van der Waals surface area contributed by atoms with Crippen LogP contribution >= 0.6 is 0 Å². The largest absolute Gasteiger partial charge is 0.383 e. The summed E-state index contributed by atoms with van der Waals surface area (Å²) in [6.45, 7) is 1.02. The topological polar surface area (TPSA) is 55.6 Å². The summed E-state index contributed by atoms with van der Waals surface area (Å²) in [5.74, 6) is 0.899. The van der Waals surface area contributed by atoms with E-state index in [9.17, 15) is 0 Å². The maximum absolute atomic E-state index is 3.96. The number of nitrogens with one attached hydrogen (secondary N) is 1. The Morgan fingerprint density at radius 2 is 2.00 bits per heavy atom. The molecule has 1 aromatic heterocycles. The van der Waals surface area contributed by atoms with E-state index in [1.807, 2.05) is 18.2 Å². The molecule has 0 aliphatic heterocycles. The van der Waals surface area contributed by atoms with Crippen LogP contribution in [0.2, 0.25) is 0 Å². The first-order valence-electron chi connectivity index (χ1n) is 7.50. The monoisotopic (exact) mass is 271 g/mol. The lowest BCUT2D eigenvalue weighted by Crippen LogP contribution is -2.13. The fraction of sp³-hybridized carbons (Fsp3) is 0.533. The van der Waals surface area contributed by atoms with Gasteiger partial charge in [0.25, 0.3) is 0 Å². The van der Waals surface area contributed by atoms with Gasteiger partial charge in [-0.15, -0.1) is 5.10 Å². The molecule has 0 unspecified atom stereocenters. The van der Waals surface area contributed by atoms with Gasteiger partial charge in [-0.25, -0.2) is 0 Å². The Balaban J connectivity index is 1.60. The fourth-order valence-corrected chi connectivity index (χ4v) is 2.98. The van der Waals surface area contributed by atoms with Crippen LogP contribution in [0.1, 0.15) is 38.5 Å². The number of tetrazole rings is 1. The highest BCUT2D eigenvalue weighted by atomic mass is 15.5. The van der Waals surface area contributed by atoms with Gasteiger partial charge in [-0.1, -0.05) is 44.2 Å². The summed E-state index contributed by atoms with van der Waals surface area (Å²) in [5, 5.41) is 14.9. The predicted molar refractivity (Wildman–Crippen MR) is 78.8 cm³/mol. The lowest BCUT2D eigenvalue weighted by Gasteiger charge is -2.22. The van der Waals surface area contributed by atoms with Crippen LogP contribution in [-0.4, -0.2) is 26.8 Å². The van der Waals surface area contributed by atoms with Crippen molar-refractivity contribution < 1.29 is 0 Å². The molecule has 0 spiro atoms. The zero-order chi connectivity index (χ0) is 13.6. The average molecular weight is 271 g/mol. The minimum atomic E-state index is 0.899. The van der Waals surface area contributed by atoms with E-state index < -0.39 is 0 Å². The highest BCUT2D eigenvalue weighted by molar-refractivity contribution is 5.60. The van der Waals surface area contributed by atoms with Crippen LogP contribution in [0, 0.1) is 5.92 Å². The summed E-state index contributed by atoms with van der Waals surface area (Å²) < 4.78 is 1.70. The maximum Gasteiger partial charge on any atom is 0.143 e. The van der Waals surface area contributed by atoms with Crippen molar-refractivity contribution in [1.82, 2.24) is 20.2 Å². The molecule has 5 nitrogen and oxygen atoms in total. The third-order valence-electron chi connectivity index (χ3n) is 4.09. The highest BCUT2D eigenvalue weighted by Crippen LogP contribution is 2.26. The molecule has 2 aromatic rings. The van der Waals surface area contributed by atoms with Gasteiger partial charge in [-0.05, 0) is 34.9 Å². The SMILES string of the molecule is c1ccc(-n2cnnn2)c(NCCC2CCCCC2)c1. The second-order valence-corrected chi connectivity index (χ2v) is 5.49. The summed E-state index contributed by atoms with van der Waals surface area (Å²) in [4.78, 5) is 0. The van der Waals surface area contributed by atoms with Crippen LogP contribution < -0.4 is 5.32 Å². The first-order chi connectivity index (χ1) is 9.93. The minimum Gasteiger partial charge on any atom is -0.383 e. The predicted octanol–water partition coefficient (Wildman–Crippen LogP) is 3.04. The minimum absolute atomic E-state index is 0.899. The summed E-state index contributed by atoms with van der Waals surface area (Å²) in [5.41, 5.74) is 2.09. The Morgan fingerprint density at radius 1 is 1.15 bits per heavy atom. The van der Waals surface area contributed by atoms with Crippen molar-refractivity contribution in [3.63, 3.8) is 0 Å². The third-order valence-corrected chi connectivity index (χ3v) is 4.09. The maximum atomic E-state index is 3.96. The van der Waals surface area contributed by atoms with Gasteiger partial charge in [-0.3, -0.25) is 0 Å². The summed E-state index contributed by atoms with van der Waals surface area (Å²) in [6, 6.07) is 8.15. The molecule has 1 heterocycles. The molecule has 0 atom stereocenters. The first kappa shape index (κ1) is 13.1. The smallest absolute Gasteiger partial charge is 0.143 e. The molecule has 3 rings (SSSR count). The average Bonchev–Trinajstić information content (AvgIpc) is 3.03. The Bertz CT molecular complexity index is 517. The Kier molecular flexibility index (Phi) is 4.25. The van der Waals surface area contributed by atoms with Crippen molar-refractivity contribution in [2.24, 2.45) is 5.92 Å². The molecule has 1 saturated carbocycles. The van der Waals surface area contributed by atoms with E-state index in [0.29, 0.717) is 0 Å². The molecule has 0 saturated heterocycles. The van der Waals surface area contributed by atoms with E-state index in [4.69, 9.17) is 0 Å². The van der Waals surface area contributed by atoms with E-state index in [2.05, 4.69) is 26.9 Å². The summed E-state index contributed by atoms with van der Waals surface area (Å²) in [6.07, 6.45) is 9.92. The number of benzene rings is 1. The van der Waals surface area contributed by atoms with Crippen LogP contribution in [0.3, 0.4) is 0 Å². The summed E-state index contributed by atoms with van der Waals surface area (Å²) >= 11 is 0. The first-order valence-corrected chi connectivity index (χ1v) is 7.50. The van der Waals surface area contributed by atoms with Gasteiger partial charge in [0.2, 0.25) is 0 Å². The van der Waals surface area contributed by atoms with E-state index in [-0.39, 0.29) is 0 Å². The molecule has 1 N–H and O–H groups in total. The zero-order valence-electron chi connectivity index (χ0n) is 11.7. The molecule has 0 bridgehead atoms. The van der Waals surface area contributed by atoms with Crippen LogP contribution in [0.15, 0.2) is 30.6 Å². The lowest BCUT2D eigenvalue weighted by molar-refractivity contribution is 0.345. The molecule has 1 aliphatic rings. The number of nitrogens with zero attached hydrogens (tertiary/aromatic N) is 4. The summed E-state index contributed by atoms with van der Waals surface area (Å²) in [7, 11) is 0. The molecule has 5 heteroatoms. The highest BCUT2D eigenvalue weighted by Gasteiger charge is 2.13. The van der Waals surface area contributed by atoms with E-state index >= 15 is 0 Å². The van der Waals surface area contributed by atoms with Crippen molar-refractivity contribution in [2.45, 2.75) is 38.5 Å². The number of hydrogen-bond acceptors (Lipinski definition) is 4. The van der Waals surface area contributed by atoms with Gasteiger partial charge < -0.3 is 5.32 Å². The molecule has 0 radical (unpaired) electrons. The van der Waals surface area contributed by atoms with Crippen molar-refractivity contribution >= 4 is 5.69 Å². The normalized spacial score (nSPS) is 16.2. The molecule has 0 amide bonds. The van der Waals surface area contributed by atoms with Crippen molar-refractivity contribution in [2.75, 3.05) is 11.9 Å². The molecular weight excluding hydrogens is 250 g/mol. The van der Waals surface area contributed by atoms with Crippen LogP contribution in [0.5, 0.6) is 0 Å². The molecule has 20 heavy (non-hydrogen) atoms. The molecular formula is C15H21N5. The fourth-order valence-electron chi connectivity index (χ4n) is 2.98. The Morgan fingerprint density at radius 3 is 2.80 bits per heavy atom. The molecule has 1 aromatic carbocycles. The van der Waals surface area contributed by atoms with E-state index in [0.717, 1.165) is 23.8 Å². The second-order valence-electron chi connectivity index (χ2n) is 5.49. The zero-order valence-corrected chi connectivity index (χ0v) is 11.7. The van der Waals surface area contributed by atoms with Gasteiger partial charge in [0.15, 0.2) is 0 Å². The van der Waals surface area contributed by atoms with Crippen LogP contribution in [0.25, 0.3) is 5.69 Å². The van der Waals surface area contributed by atoms with Gasteiger partial charge in [0, 0.05) is 6.54 Å². The number of aromatic nitrogens is 4. The van der Waals surface area contributed by atoms with Gasteiger partial charge in [0.1, 0.15) is 6.33 Å². The molecule has 1 fully saturated rings. The van der Waals surface area contributed by atoms with Crippen molar-refractivity contribution in [3.05, 3.63) is 30.6 Å². The van der Waals surface area contributed by atoms with Crippen molar-refractivity contribution in [3.8, 4) is 5.69 Å². The number of hydrogen-bond donors (Lipinski definition) is 1. The third kappa shape index (κ3) is 3.15. The Hall–Kier alpha value is -1.91. The van der Waals surface area contributed by atoms with E-state index in [1.165, 1.54) is 38.5 Å². The van der Waals surface area contributed by atoms with Gasteiger partial charge in [0.05, 0.1) is 11.4 Å². The number of rotatable bonds is 5.